The highest BCUT2D eigenvalue weighted by Crippen LogP contribution is 2.55. The molecule has 3 nitrogen and oxygen atoms in total. The lowest BCUT2D eigenvalue weighted by Gasteiger charge is -2.56. The second kappa shape index (κ2) is 5.98. The van der Waals surface area contributed by atoms with Crippen molar-refractivity contribution in [1.29, 1.82) is 0 Å². The van der Waals surface area contributed by atoms with Crippen LogP contribution in [0.25, 0.3) is 0 Å². The zero-order valence-corrected chi connectivity index (χ0v) is 16.6. The van der Waals surface area contributed by atoms with Crippen LogP contribution in [0.1, 0.15) is 65.1 Å². The lowest BCUT2D eigenvalue weighted by Crippen LogP contribution is -2.59. The van der Waals surface area contributed by atoms with Crippen molar-refractivity contribution in [2.45, 2.75) is 64.5 Å². The molecule has 138 valence electrons. The summed E-state index contributed by atoms with van der Waals surface area (Å²) in [4.78, 5) is 14.5. The molecule has 0 aromatic carbocycles. The van der Waals surface area contributed by atoms with E-state index in [0.29, 0.717) is 0 Å². The number of nitrogens with zero attached hydrogens (tertiary/aromatic N) is 1. The predicted octanol–water partition coefficient (Wildman–Crippen LogP) is 4.91. The normalized spacial score (nSPS) is 32.2. The Balaban J connectivity index is 1.38. The largest absolute Gasteiger partial charge is 0.347 e. The van der Waals surface area contributed by atoms with Gasteiger partial charge >= 0.3 is 0 Å². The summed E-state index contributed by atoms with van der Waals surface area (Å²) in [6, 6.07) is 6.34. The van der Waals surface area contributed by atoms with Gasteiger partial charge in [-0.3, -0.25) is 4.79 Å². The molecule has 2 aromatic rings. The molecule has 4 fully saturated rings. The minimum absolute atomic E-state index is 0.0853. The van der Waals surface area contributed by atoms with Gasteiger partial charge in [0.2, 0.25) is 0 Å². The van der Waals surface area contributed by atoms with Crippen LogP contribution in [0, 0.1) is 31.6 Å². The molecule has 0 saturated heterocycles. The molecular formula is C22H28N2OS. The second-order valence-corrected chi connectivity index (χ2v) is 10.1. The SMILES string of the molecule is Cc1cc(C(=O)NC23CC4CC(CC(C4)C2)C3)c(C)n1Cc1cccs1. The van der Waals surface area contributed by atoms with Crippen LogP contribution in [0.2, 0.25) is 0 Å². The van der Waals surface area contributed by atoms with E-state index >= 15 is 0 Å². The lowest BCUT2D eigenvalue weighted by atomic mass is 9.53. The maximum Gasteiger partial charge on any atom is 0.253 e. The third-order valence-corrected chi connectivity index (χ3v) is 7.99. The number of carbonyl (C=O) groups is 1. The van der Waals surface area contributed by atoms with Gasteiger partial charge in [-0.15, -0.1) is 11.3 Å². The van der Waals surface area contributed by atoms with Crippen LogP contribution in [-0.2, 0) is 6.54 Å². The lowest BCUT2D eigenvalue weighted by molar-refractivity contribution is -0.0167. The monoisotopic (exact) mass is 368 g/mol. The van der Waals surface area contributed by atoms with Gasteiger partial charge < -0.3 is 9.88 Å². The summed E-state index contributed by atoms with van der Waals surface area (Å²) in [7, 11) is 0. The van der Waals surface area contributed by atoms with Crippen LogP contribution in [-0.4, -0.2) is 16.0 Å². The molecule has 4 saturated carbocycles. The predicted molar refractivity (Wildman–Crippen MR) is 106 cm³/mol. The summed E-state index contributed by atoms with van der Waals surface area (Å²) in [5.74, 6) is 2.71. The van der Waals surface area contributed by atoms with Gasteiger partial charge in [-0.2, -0.15) is 0 Å². The first-order valence-electron chi connectivity index (χ1n) is 10.0. The first-order valence-corrected chi connectivity index (χ1v) is 10.9. The number of amides is 1. The van der Waals surface area contributed by atoms with Crippen LogP contribution in [0.3, 0.4) is 0 Å². The van der Waals surface area contributed by atoms with Crippen molar-refractivity contribution in [1.82, 2.24) is 9.88 Å². The zero-order valence-electron chi connectivity index (χ0n) is 15.8. The van der Waals surface area contributed by atoms with Gasteiger partial charge in [-0.25, -0.2) is 0 Å². The van der Waals surface area contributed by atoms with Crippen molar-refractivity contribution in [3.05, 3.63) is 45.4 Å². The van der Waals surface area contributed by atoms with Gasteiger partial charge in [0.25, 0.3) is 5.91 Å². The van der Waals surface area contributed by atoms with Crippen LogP contribution in [0.5, 0.6) is 0 Å². The highest BCUT2D eigenvalue weighted by atomic mass is 32.1. The van der Waals surface area contributed by atoms with E-state index in [1.807, 2.05) is 0 Å². The van der Waals surface area contributed by atoms with Crippen molar-refractivity contribution in [3.63, 3.8) is 0 Å². The van der Waals surface area contributed by atoms with Crippen molar-refractivity contribution < 1.29 is 4.79 Å². The van der Waals surface area contributed by atoms with Gasteiger partial charge in [0.05, 0.1) is 12.1 Å². The first kappa shape index (κ1) is 16.6. The summed E-state index contributed by atoms with van der Waals surface area (Å²) in [6.07, 6.45) is 7.84. The third kappa shape index (κ3) is 2.74. The molecule has 2 heterocycles. The Morgan fingerprint density at radius 3 is 2.42 bits per heavy atom. The number of thiophene rings is 1. The van der Waals surface area contributed by atoms with Gasteiger partial charge in [0, 0.05) is 21.8 Å². The summed E-state index contributed by atoms with van der Waals surface area (Å²) >= 11 is 1.78. The minimum atomic E-state index is 0.0853. The van der Waals surface area contributed by atoms with E-state index in [1.54, 1.807) is 11.3 Å². The zero-order chi connectivity index (χ0) is 17.9. The maximum atomic E-state index is 13.2. The van der Waals surface area contributed by atoms with Crippen LogP contribution >= 0.6 is 11.3 Å². The highest BCUT2D eigenvalue weighted by Gasteiger charge is 2.51. The number of rotatable bonds is 4. The standard InChI is InChI=1S/C22H28N2OS/c1-14-6-20(15(2)24(14)13-19-4-3-5-26-19)21(25)23-22-10-16-7-17(11-22)9-18(8-16)12-22/h3-6,16-18H,7-13H2,1-2H3,(H,23,25). The Kier molecular flexibility index (Phi) is 3.82. The molecule has 4 aliphatic rings. The van der Waals surface area contributed by atoms with Gasteiger partial charge in [-0.05, 0) is 87.6 Å². The van der Waals surface area contributed by atoms with Crippen LogP contribution < -0.4 is 5.32 Å². The Labute approximate surface area is 159 Å². The first-order chi connectivity index (χ1) is 12.5. The Morgan fingerprint density at radius 1 is 1.19 bits per heavy atom. The van der Waals surface area contributed by atoms with Gasteiger partial charge in [-0.1, -0.05) is 6.07 Å². The van der Waals surface area contributed by atoms with E-state index in [1.165, 1.54) is 49.1 Å². The molecule has 0 aliphatic heterocycles. The summed E-state index contributed by atoms with van der Waals surface area (Å²) in [5, 5.41) is 5.65. The molecule has 26 heavy (non-hydrogen) atoms. The molecule has 2 aromatic heterocycles. The van der Waals surface area contributed by atoms with E-state index in [4.69, 9.17) is 0 Å². The van der Waals surface area contributed by atoms with E-state index in [-0.39, 0.29) is 11.4 Å². The molecule has 0 unspecified atom stereocenters. The molecule has 0 radical (unpaired) electrons. The Morgan fingerprint density at radius 2 is 1.85 bits per heavy atom. The van der Waals surface area contributed by atoms with Crippen molar-refractivity contribution in [2.75, 3.05) is 0 Å². The smallest absolute Gasteiger partial charge is 0.253 e. The van der Waals surface area contributed by atoms with E-state index in [2.05, 4.69) is 47.3 Å². The van der Waals surface area contributed by atoms with Gasteiger partial charge in [0.15, 0.2) is 0 Å². The number of nitrogens with one attached hydrogen (secondary N) is 1. The molecule has 1 amide bonds. The quantitative estimate of drug-likeness (QED) is 0.817. The maximum absolute atomic E-state index is 13.2. The fourth-order valence-electron chi connectivity index (χ4n) is 6.40. The molecule has 1 N–H and O–H groups in total. The van der Waals surface area contributed by atoms with Crippen LogP contribution in [0.4, 0.5) is 0 Å². The fourth-order valence-corrected chi connectivity index (χ4v) is 7.10. The molecule has 4 aliphatic carbocycles. The average Bonchev–Trinajstić information content (AvgIpc) is 3.17. The van der Waals surface area contributed by atoms with E-state index in [0.717, 1.165) is 35.6 Å². The fraction of sp³-hybridized carbons (Fsp3) is 0.591. The van der Waals surface area contributed by atoms with Crippen molar-refractivity contribution in [3.8, 4) is 0 Å². The van der Waals surface area contributed by atoms with Crippen molar-refractivity contribution in [2.24, 2.45) is 17.8 Å². The average molecular weight is 369 g/mol. The number of aromatic nitrogens is 1. The summed E-state index contributed by atoms with van der Waals surface area (Å²) in [6.45, 7) is 5.07. The van der Waals surface area contributed by atoms with E-state index < -0.39 is 0 Å². The molecule has 0 spiro atoms. The minimum Gasteiger partial charge on any atom is -0.347 e. The number of carbonyl (C=O) groups excluding carboxylic acids is 1. The Bertz CT molecular complexity index is 797. The third-order valence-electron chi connectivity index (χ3n) is 7.13. The van der Waals surface area contributed by atoms with Crippen molar-refractivity contribution >= 4 is 17.2 Å². The number of aryl methyl sites for hydroxylation is 1. The molecule has 6 rings (SSSR count). The second-order valence-electron chi connectivity index (χ2n) is 9.10. The molecule has 4 bridgehead atoms. The highest BCUT2D eigenvalue weighted by molar-refractivity contribution is 7.09. The number of hydrogen-bond donors (Lipinski definition) is 1. The molecule has 0 atom stereocenters. The topological polar surface area (TPSA) is 34.0 Å². The van der Waals surface area contributed by atoms with E-state index in [9.17, 15) is 4.79 Å². The number of hydrogen-bond acceptors (Lipinski definition) is 2. The summed E-state index contributed by atoms with van der Waals surface area (Å²) < 4.78 is 2.28. The Hall–Kier alpha value is -1.55. The molecular weight excluding hydrogens is 340 g/mol. The summed E-state index contributed by atoms with van der Waals surface area (Å²) in [5.41, 5.74) is 3.22. The van der Waals surface area contributed by atoms with Gasteiger partial charge in [0.1, 0.15) is 0 Å². The molecule has 4 heteroatoms. The van der Waals surface area contributed by atoms with Crippen LogP contribution in [0.15, 0.2) is 23.6 Å².